The van der Waals surface area contributed by atoms with Crippen molar-refractivity contribution in [2.45, 2.75) is 39.8 Å². The fraction of sp³-hybridized carbons (Fsp3) is 0.471. The first kappa shape index (κ1) is 15.6. The molecule has 2 rings (SSSR count). The minimum Gasteiger partial charge on any atom is -0.486 e. The van der Waals surface area contributed by atoms with Crippen LogP contribution in [0.15, 0.2) is 36.7 Å². The van der Waals surface area contributed by atoms with Crippen LogP contribution in [0, 0.1) is 0 Å². The normalized spacial score (nSPS) is 10.8. The lowest BCUT2D eigenvalue weighted by atomic mass is 10.1. The molecule has 0 amide bonds. The number of hydrogen-bond acceptors (Lipinski definition) is 3. The molecule has 1 aromatic heterocycles. The molecule has 0 aliphatic rings. The fourth-order valence-corrected chi connectivity index (χ4v) is 2.10. The van der Waals surface area contributed by atoms with E-state index < -0.39 is 0 Å². The Labute approximate surface area is 127 Å². The van der Waals surface area contributed by atoms with Crippen LogP contribution < -0.4 is 10.1 Å². The third kappa shape index (κ3) is 5.23. The fourth-order valence-electron chi connectivity index (χ4n) is 2.10. The predicted molar refractivity (Wildman–Crippen MR) is 85.5 cm³/mol. The second-order valence-corrected chi connectivity index (χ2v) is 5.14. The lowest BCUT2D eigenvalue weighted by molar-refractivity contribution is 0.306. The van der Waals surface area contributed by atoms with Crippen LogP contribution in [0.25, 0.3) is 0 Å². The van der Waals surface area contributed by atoms with Gasteiger partial charge in [-0.1, -0.05) is 31.2 Å². The first-order valence-corrected chi connectivity index (χ1v) is 7.75. The molecule has 2 aromatic rings. The molecule has 0 aliphatic carbocycles. The van der Waals surface area contributed by atoms with Crippen molar-refractivity contribution in [2.75, 3.05) is 13.1 Å². The molecular formula is C17H25N3O. The Morgan fingerprint density at radius 3 is 2.52 bits per heavy atom. The minimum atomic E-state index is 0.587. The summed E-state index contributed by atoms with van der Waals surface area (Å²) in [5.74, 6) is 0.824. The summed E-state index contributed by atoms with van der Waals surface area (Å²) in [6.45, 7) is 7.84. The number of rotatable bonds is 9. The van der Waals surface area contributed by atoms with Crippen LogP contribution in [0.4, 0.5) is 0 Å². The van der Waals surface area contributed by atoms with E-state index in [4.69, 9.17) is 4.74 Å². The summed E-state index contributed by atoms with van der Waals surface area (Å²) in [5, 5.41) is 7.61. The monoisotopic (exact) mass is 287 g/mol. The van der Waals surface area contributed by atoms with Crippen molar-refractivity contribution in [3.05, 3.63) is 47.8 Å². The van der Waals surface area contributed by atoms with Crippen LogP contribution >= 0.6 is 0 Å². The minimum absolute atomic E-state index is 0.587. The molecule has 0 unspecified atom stereocenters. The molecule has 0 saturated heterocycles. The number of aromatic nitrogens is 2. The topological polar surface area (TPSA) is 39.1 Å². The molecule has 0 aliphatic heterocycles. The van der Waals surface area contributed by atoms with Crippen molar-refractivity contribution in [2.24, 2.45) is 0 Å². The van der Waals surface area contributed by atoms with Gasteiger partial charge in [-0.25, -0.2) is 0 Å². The van der Waals surface area contributed by atoms with E-state index in [1.54, 1.807) is 6.20 Å². The standard InChI is InChI=1S/C17H25N3O/c1-3-10-18-11-9-15-5-7-16(8-6-15)14-21-17-12-19-20(4-2)13-17/h5-8,12-13,18H,3-4,9-11,14H2,1-2H3. The van der Waals surface area contributed by atoms with Gasteiger partial charge in [0.2, 0.25) is 0 Å². The molecule has 0 radical (unpaired) electrons. The first-order chi connectivity index (χ1) is 10.3. The number of hydrogen-bond donors (Lipinski definition) is 1. The Bertz CT molecular complexity index is 519. The van der Waals surface area contributed by atoms with E-state index in [1.807, 2.05) is 10.9 Å². The van der Waals surface area contributed by atoms with E-state index in [2.05, 4.69) is 48.5 Å². The number of benzene rings is 1. The Hall–Kier alpha value is -1.81. The quantitative estimate of drug-likeness (QED) is 0.721. The van der Waals surface area contributed by atoms with E-state index in [0.29, 0.717) is 6.61 Å². The van der Waals surface area contributed by atoms with Gasteiger partial charge in [0.1, 0.15) is 6.61 Å². The van der Waals surface area contributed by atoms with Gasteiger partial charge in [-0.05, 0) is 44.0 Å². The van der Waals surface area contributed by atoms with Crippen molar-refractivity contribution >= 4 is 0 Å². The van der Waals surface area contributed by atoms with Crippen molar-refractivity contribution < 1.29 is 4.74 Å². The summed E-state index contributed by atoms with van der Waals surface area (Å²) in [6, 6.07) is 8.64. The maximum Gasteiger partial charge on any atom is 0.157 e. The van der Waals surface area contributed by atoms with Crippen LogP contribution in [-0.2, 0) is 19.6 Å². The molecule has 0 atom stereocenters. The molecule has 1 aromatic carbocycles. The lowest BCUT2D eigenvalue weighted by Crippen LogP contribution is -2.17. The zero-order valence-corrected chi connectivity index (χ0v) is 13.0. The lowest BCUT2D eigenvalue weighted by Gasteiger charge is -2.06. The highest BCUT2D eigenvalue weighted by molar-refractivity contribution is 5.23. The average molecular weight is 287 g/mol. The van der Waals surface area contributed by atoms with Crippen molar-refractivity contribution in [1.29, 1.82) is 0 Å². The Kier molecular flexibility index (Phi) is 6.28. The number of nitrogens with zero attached hydrogens (tertiary/aromatic N) is 2. The van der Waals surface area contributed by atoms with Gasteiger partial charge in [-0.15, -0.1) is 0 Å². The molecule has 1 N–H and O–H groups in total. The van der Waals surface area contributed by atoms with Crippen molar-refractivity contribution in [1.82, 2.24) is 15.1 Å². The highest BCUT2D eigenvalue weighted by Crippen LogP contribution is 2.12. The Morgan fingerprint density at radius 1 is 1.10 bits per heavy atom. The Morgan fingerprint density at radius 2 is 1.86 bits per heavy atom. The smallest absolute Gasteiger partial charge is 0.157 e. The third-order valence-electron chi connectivity index (χ3n) is 3.38. The summed E-state index contributed by atoms with van der Waals surface area (Å²) in [5.41, 5.74) is 2.55. The molecule has 114 valence electrons. The van der Waals surface area contributed by atoms with Crippen LogP contribution in [0.1, 0.15) is 31.4 Å². The number of ether oxygens (including phenoxy) is 1. The van der Waals surface area contributed by atoms with Crippen LogP contribution in [0.2, 0.25) is 0 Å². The summed E-state index contributed by atoms with van der Waals surface area (Å²) in [4.78, 5) is 0. The molecule has 0 spiro atoms. The molecule has 21 heavy (non-hydrogen) atoms. The van der Waals surface area contributed by atoms with Gasteiger partial charge in [0.05, 0.1) is 12.4 Å². The molecule has 4 heteroatoms. The van der Waals surface area contributed by atoms with Gasteiger partial charge < -0.3 is 10.1 Å². The van der Waals surface area contributed by atoms with Gasteiger partial charge in [0.15, 0.2) is 5.75 Å². The SMILES string of the molecule is CCCNCCc1ccc(COc2cnn(CC)c2)cc1. The van der Waals surface area contributed by atoms with E-state index in [9.17, 15) is 0 Å². The zero-order valence-electron chi connectivity index (χ0n) is 13.0. The summed E-state index contributed by atoms with van der Waals surface area (Å²) in [6.07, 6.45) is 5.94. The summed E-state index contributed by atoms with van der Waals surface area (Å²) >= 11 is 0. The molecule has 1 heterocycles. The van der Waals surface area contributed by atoms with E-state index in [-0.39, 0.29) is 0 Å². The van der Waals surface area contributed by atoms with Gasteiger partial charge >= 0.3 is 0 Å². The third-order valence-corrected chi connectivity index (χ3v) is 3.38. The highest BCUT2D eigenvalue weighted by Gasteiger charge is 2.00. The van der Waals surface area contributed by atoms with Crippen molar-refractivity contribution in [3.63, 3.8) is 0 Å². The van der Waals surface area contributed by atoms with Crippen molar-refractivity contribution in [3.8, 4) is 5.75 Å². The van der Waals surface area contributed by atoms with Gasteiger partial charge in [0.25, 0.3) is 0 Å². The van der Waals surface area contributed by atoms with Gasteiger partial charge in [-0.3, -0.25) is 4.68 Å². The number of nitrogens with one attached hydrogen (secondary N) is 1. The van der Waals surface area contributed by atoms with Crippen LogP contribution in [0.3, 0.4) is 0 Å². The maximum absolute atomic E-state index is 5.73. The highest BCUT2D eigenvalue weighted by atomic mass is 16.5. The molecule has 4 nitrogen and oxygen atoms in total. The largest absolute Gasteiger partial charge is 0.486 e. The summed E-state index contributed by atoms with van der Waals surface area (Å²) in [7, 11) is 0. The van der Waals surface area contributed by atoms with Crippen LogP contribution in [-0.4, -0.2) is 22.9 Å². The number of aryl methyl sites for hydroxylation is 1. The predicted octanol–water partition coefficient (Wildman–Crippen LogP) is 3.02. The van der Waals surface area contributed by atoms with Gasteiger partial charge in [0, 0.05) is 6.54 Å². The molecule has 0 bridgehead atoms. The van der Waals surface area contributed by atoms with E-state index >= 15 is 0 Å². The van der Waals surface area contributed by atoms with Crippen LogP contribution in [0.5, 0.6) is 5.75 Å². The van der Waals surface area contributed by atoms with Gasteiger partial charge in [-0.2, -0.15) is 5.10 Å². The first-order valence-electron chi connectivity index (χ1n) is 7.75. The van der Waals surface area contributed by atoms with E-state index in [1.165, 1.54) is 17.5 Å². The molecule has 0 fully saturated rings. The average Bonchev–Trinajstić information content (AvgIpc) is 2.99. The molecule has 0 saturated carbocycles. The molecular weight excluding hydrogens is 262 g/mol. The maximum atomic E-state index is 5.73. The Balaban J connectivity index is 1.76. The second kappa shape index (κ2) is 8.47. The zero-order chi connectivity index (χ0) is 14.9. The van der Waals surface area contributed by atoms with E-state index in [0.717, 1.165) is 31.8 Å². The second-order valence-electron chi connectivity index (χ2n) is 5.14. The summed E-state index contributed by atoms with van der Waals surface area (Å²) < 4.78 is 7.59.